The third-order valence-electron chi connectivity index (χ3n) is 1.98. The molecule has 1 aromatic rings. The molecule has 14 heavy (non-hydrogen) atoms. The lowest BCUT2D eigenvalue weighted by Gasteiger charge is -2.21. The number of hydrogen-bond donors (Lipinski definition) is 1. The lowest BCUT2D eigenvalue weighted by atomic mass is 9.99. The highest BCUT2D eigenvalue weighted by molar-refractivity contribution is 6.18. The molecule has 0 aromatic heterocycles. The van der Waals surface area contributed by atoms with Crippen LogP contribution in [0, 0.1) is 0 Å². The van der Waals surface area contributed by atoms with E-state index in [4.69, 9.17) is 5.73 Å². The van der Waals surface area contributed by atoms with Crippen LogP contribution in [0.25, 0.3) is 0 Å². The summed E-state index contributed by atoms with van der Waals surface area (Å²) in [6.45, 7) is -0.0288. The summed E-state index contributed by atoms with van der Waals surface area (Å²) >= 11 is 0. The van der Waals surface area contributed by atoms with Gasteiger partial charge in [0.15, 0.2) is 0 Å². The maximum Gasteiger partial charge on any atom is 0.426 e. The topological polar surface area (TPSA) is 79.2 Å². The van der Waals surface area contributed by atoms with Crippen LogP contribution in [0.2, 0.25) is 0 Å². The predicted octanol–water partition coefficient (Wildman–Crippen LogP) is 1.17. The van der Waals surface area contributed by atoms with Crippen molar-refractivity contribution in [2.75, 3.05) is 5.32 Å². The van der Waals surface area contributed by atoms with Crippen LogP contribution in [0.15, 0.2) is 18.2 Å². The Kier molecular flexibility index (Phi) is 1.85. The molecule has 0 unspecified atom stereocenters. The van der Waals surface area contributed by atoms with Gasteiger partial charge in [-0.3, -0.25) is 4.79 Å². The van der Waals surface area contributed by atoms with Crippen molar-refractivity contribution in [3.63, 3.8) is 0 Å². The fourth-order valence-electron chi connectivity index (χ4n) is 1.36. The van der Waals surface area contributed by atoms with Crippen LogP contribution in [0.4, 0.5) is 10.5 Å². The van der Waals surface area contributed by atoms with E-state index in [9.17, 15) is 9.59 Å². The summed E-state index contributed by atoms with van der Waals surface area (Å²) in [6, 6.07) is 5.22. The van der Waals surface area contributed by atoms with Gasteiger partial charge in [-0.25, -0.2) is 10.5 Å². The second-order valence-corrected chi connectivity index (χ2v) is 2.87. The Morgan fingerprint density at radius 3 is 2.93 bits per heavy atom. The Bertz CT molecular complexity index is 415. The molecule has 1 aliphatic rings. The zero-order valence-corrected chi connectivity index (χ0v) is 7.16. The molecule has 0 aliphatic carbocycles. The van der Waals surface area contributed by atoms with Gasteiger partial charge < -0.3 is 10.1 Å². The van der Waals surface area contributed by atoms with Crippen LogP contribution in [0.1, 0.15) is 15.9 Å². The highest BCUT2D eigenvalue weighted by Crippen LogP contribution is 2.28. The monoisotopic (exact) mass is 191 g/mol. The number of nitrogens with one attached hydrogen (secondary N) is 2. The highest BCUT2D eigenvalue weighted by atomic mass is 16.5. The lowest BCUT2D eigenvalue weighted by Crippen LogP contribution is -2.26. The largest absolute Gasteiger partial charge is 0.443 e. The van der Waals surface area contributed by atoms with Crippen molar-refractivity contribution in [2.45, 2.75) is 6.61 Å². The molecule has 0 bridgehead atoms. The van der Waals surface area contributed by atoms with Gasteiger partial charge in [-0.1, -0.05) is 12.1 Å². The van der Waals surface area contributed by atoms with E-state index >= 15 is 0 Å². The Hall–Kier alpha value is -2.04. The summed E-state index contributed by atoms with van der Waals surface area (Å²) in [7, 11) is 0. The molecule has 0 saturated heterocycles. The average molecular weight is 191 g/mol. The number of benzene rings is 1. The molecule has 0 saturated carbocycles. The minimum absolute atomic E-state index is 0.0288. The molecular formula is C9H7N2O3. The van der Waals surface area contributed by atoms with Crippen molar-refractivity contribution < 1.29 is 14.3 Å². The number of amides is 2. The van der Waals surface area contributed by atoms with Crippen LogP contribution in [-0.2, 0) is 11.3 Å². The Labute approximate surface area is 79.8 Å². The molecule has 0 atom stereocenters. The zero-order chi connectivity index (χ0) is 10.1. The zero-order valence-electron chi connectivity index (χ0n) is 7.16. The SMILES string of the molecule is [NH]C(=O)OCc1cccc2c1C(=O)N2. The van der Waals surface area contributed by atoms with E-state index in [1.165, 1.54) is 0 Å². The van der Waals surface area contributed by atoms with E-state index in [1.54, 1.807) is 18.2 Å². The second-order valence-electron chi connectivity index (χ2n) is 2.87. The molecule has 0 spiro atoms. The van der Waals surface area contributed by atoms with E-state index in [0.29, 0.717) is 11.1 Å². The molecular weight excluding hydrogens is 184 g/mol. The number of rotatable bonds is 2. The first kappa shape index (κ1) is 8.55. The van der Waals surface area contributed by atoms with Crippen LogP contribution in [0.5, 0.6) is 0 Å². The maximum absolute atomic E-state index is 11.1. The second kappa shape index (κ2) is 3.02. The minimum Gasteiger partial charge on any atom is -0.443 e. The molecule has 71 valence electrons. The Morgan fingerprint density at radius 1 is 1.50 bits per heavy atom. The smallest absolute Gasteiger partial charge is 0.426 e. The van der Waals surface area contributed by atoms with Gasteiger partial charge in [0, 0.05) is 5.56 Å². The van der Waals surface area contributed by atoms with Gasteiger partial charge >= 0.3 is 6.09 Å². The van der Waals surface area contributed by atoms with Gasteiger partial charge in [0.2, 0.25) is 0 Å². The quantitative estimate of drug-likeness (QED) is 0.761. The third-order valence-corrected chi connectivity index (χ3v) is 1.98. The first-order valence-electron chi connectivity index (χ1n) is 4.00. The Morgan fingerprint density at radius 2 is 2.29 bits per heavy atom. The summed E-state index contributed by atoms with van der Waals surface area (Å²) in [5.74, 6) is -0.170. The standard InChI is InChI=1S/C9H7N2O3/c10-9(13)14-4-5-2-1-3-6-7(5)8(12)11-6/h1-3,10H,4H2,(H,11,12). The van der Waals surface area contributed by atoms with Crippen molar-refractivity contribution in [1.29, 1.82) is 0 Å². The van der Waals surface area contributed by atoms with Crippen LogP contribution < -0.4 is 11.1 Å². The number of hydrogen-bond acceptors (Lipinski definition) is 3. The molecule has 5 nitrogen and oxygen atoms in total. The van der Waals surface area contributed by atoms with E-state index in [0.717, 1.165) is 5.69 Å². The molecule has 0 fully saturated rings. The molecule has 2 amide bonds. The summed E-state index contributed by atoms with van der Waals surface area (Å²) in [5.41, 5.74) is 8.48. The molecule has 1 radical (unpaired) electrons. The first-order chi connectivity index (χ1) is 6.68. The highest BCUT2D eigenvalue weighted by Gasteiger charge is 2.25. The third kappa shape index (κ3) is 1.28. The number of ether oxygens (including phenoxy) is 1. The van der Waals surface area contributed by atoms with E-state index in [-0.39, 0.29) is 12.5 Å². The number of carbonyl (C=O) groups is 2. The van der Waals surface area contributed by atoms with Crippen molar-refractivity contribution in [2.24, 2.45) is 0 Å². The van der Waals surface area contributed by atoms with Crippen molar-refractivity contribution in [1.82, 2.24) is 5.73 Å². The Balaban J connectivity index is 2.22. The van der Waals surface area contributed by atoms with Crippen molar-refractivity contribution in [3.05, 3.63) is 29.3 Å². The van der Waals surface area contributed by atoms with Crippen LogP contribution >= 0.6 is 0 Å². The average Bonchev–Trinajstić information content (AvgIpc) is 2.12. The summed E-state index contributed by atoms with van der Waals surface area (Å²) in [5, 5.41) is 2.59. The van der Waals surface area contributed by atoms with Crippen molar-refractivity contribution >= 4 is 17.7 Å². The predicted molar refractivity (Wildman–Crippen MR) is 47.7 cm³/mol. The molecule has 5 heteroatoms. The molecule has 1 aliphatic heterocycles. The molecule has 1 aromatic carbocycles. The van der Waals surface area contributed by atoms with Gasteiger partial charge in [0.1, 0.15) is 6.61 Å². The lowest BCUT2D eigenvalue weighted by molar-refractivity contribution is 0.100. The van der Waals surface area contributed by atoms with Gasteiger partial charge in [-0.2, -0.15) is 0 Å². The maximum atomic E-state index is 11.1. The summed E-state index contributed by atoms with van der Waals surface area (Å²) in [4.78, 5) is 21.3. The van der Waals surface area contributed by atoms with Gasteiger partial charge in [0.25, 0.3) is 5.91 Å². The van der Waals surface area contributed by atoms with Crippen molar-refractivity contribution in [3.8, 4) is 0 Å². The van der Waals surface area contributed by atoms with E-state index in [2.05, 4.69) is 10.1 Å². The van der Waals surface area contributed by atoms with E-state index in [1.807, 2.05) is 0 Å². The fourth-order valence-corrected chi connectivity index (χ4v) is 1.36. The fraction of sp³-hybridized carbons (Fsp3) is 0.111. The normalized spacial score (nSPS) is 12.4. The molecule has 2 N–H and O–H groups in total. The summed E-state index contributed by atoms with van der Waals surface area (Å²) < 4.78 is 4.49. The van der Waals surface area contributed by atoms with Crippen LogP contribution in [-0.4, -0.2) is 12.0 Å². The van der Waals surface area contributed by atoms with Gasteiger partial charge in [0.05, 0.1) is 11.3 Å². The molecule has 1 heterocycles. The van der Waals surface area contributed by atoms with Gasteiger partial charge in [-0.05, 0) is 6.07 Å². The minimum atomic E-state index is -1.10. The van der Waals surface area contributed by atoms with Crippen LogP contribution in [0.3, 0.4) is 0 Å². The van der Waals surface area contributed by atoms with Gasteiger partial charge in [-0.15, -0.1) is 0 Å². The number of anilines is 1. The molecule has 2 rings (SSSR count). The summed E-state index contributed by atoms with van der Waals surface area (Å²) in [6.07, 6.45) is -1.10. The number of carbonyl (C=O) groups excluding carboxylic acids is 2. The first-order valence-corrected chi connectivity index (χ1v) is 4.00. The van der Waals surface area contributed by atoms with E-state index < -0.39 is 6.09 Å². The number of fused-ring (bicyclic) bond motifs is 1.